The molecule has 1 aliphatic heterocycles. The van der Waals surface area contributed by atoms with Crippen LogP contribution in [-0.2, 0) is 9.59 Å². The molecular weight excluding hydrogens is 393 g/mol. The number of rotatable bonds is 3. The molecule has 1 saturated heterocycles. The van der Waals surface area contributed by atoms with Crippen molar-refractivity contribution in [3.8, 4) is 0 Å². The average molecular weight is 415 g/mol. The molecule has 156 valence electrons. The number of carbonyl (C=O) groups is 2. The predicted octanol–water partition coefficient (Wildman–Crippen LogP) is 5.38. The fourth-order valence-electron chi connectivity index (χ4n) is 3.83. The molecule has 3 aromatic rings. The lowest BCUT2D eigenvalue weighted by Crippen LogP contribution is -2.30. The molecule has 0 aromatic heterocycles. The molecule has 1 heterocycles. The average Bonchev–Trinajstić information content (AvgIpc) is 3.01. The van der Waals surface area contributed by atoms with Gasteiger partial charge in [0.15, 0.2) is 0 Å². The Hall–Kier alpha value is -3.73. The van der Waals surface area contributed by atoms with Crippen LogP contribution in [-0.4, -0.2) is 16.8 Å². The number of benzene rings is 3. The summed E-state index contributed by atoms with van der Waals surface area (Å²) >= 11 is 0. The summed E-state index contributed by atoms with van der Waals surface area (Å²) in [7, 11) is 0. The Morgan fingerprint density at radius 2 is 1.58 bits per heavy atom. The van der Waals surface area contributed by atoms with E-state index in [1.54, 1.807) is 48.5 Å². The van der Waals surface area contributed by atoms with Crippen LogP contribution in [0.1, 0.15) is 33.9 Å². The predicted molar refractivity (Wildman–Crippen MR) is 118 cm³/mol. The monoisotopic (exact) mass is 415 g/mol. The highest BCUT2D eigenvalue weighted by atomic mass is 19.1. The first-order valence-electron chi connectivity index (χ1n) is 9.99. The zero-order chi connectivity index (χ0) is 22.3. The summed E-state index contributed by atoms with van der Waals surface area (Å²) < 4.78 is 14.9. The molecular formula is C26H22FNO3. The molecule has 0 bridgehead atoms. The number of hydrogen-bond donors (Lipinski definition) is 1. The van der Waals surface area contributed by atoms with E-state index >= 15 is 0 Å². The molecule has 1 unspecified atom stereocenters. The number of ketones is 1. The van der Waals surface area contributed by atoms with E-state index in [2.05, 4.69) is 0 Å². The molecule has 0 spiro atoms. The van der Waals surface area contributed by atoms with Crippen LogP contribution in [0.25, 0.3) is 5.76 Å². The number of amides is 1. The number of nitrogens with zero attached hydrogens (tertiary/aromatic N) is 1. The van der Waals surface area contributed by atoms with Crippen molar-refractivity contribution in [3.05, 3.63) is 106 Å². The van der Waals surface area contributed by atoms with Crippen molar-refractivity contribution in [2.75, 3.05) is 4.90 Å². The number of carbonyl (C=O) groups excluding carboxylic acids is 2. The molecule has 4 rings (SSSR count). The maximum atomic E-state index is 14.9. The summed E-state index contributed by atoms with van der Waals surface area (Å²) in [6.45, 7) is 5.75. The number of aliphatic hydroxyl groups is 1. The SMILES string of the molecule is Cc1ccc(/C(O)=C2\C(=O)C(=O)N(c3ccc(C)c(C)c3)C2c2ccccc2F)cc1. The molecule has 1 atom stereocenters. The van der Waals surface area contributed by atoms with Gasteiger partial charge in [0.1, 0.15) is 11.6 Å². The highest BCUT2D eigenvalue weighted by Crippen LogP contribution is 2.43. The van der Waals surface area contributed by atoms with Gasteiger partial charge in [-0.1, -0.05) is 54.1 Å². The van der Waals surface area contributed by atoms with Gasteiger partial charge in [-0.3, -0.25) is 14.5 Å². The van der Waals surface area contributed by atoms with Gasteiger partial charge in [-0.2, -0.15) is 0 Å². The lowest BCUT2D eigenvalue weighted by atomic mass is 9.94. The minimum Gasteiger partial charge on any atom is -0.507 e. The second-order valence-corrected chi connectivity index (χ2v) is 7.83. The minimum atomic E-state index is -1.08. The van der Waals surface area contributed by atoms with Crippen LogP contribution in [0.15, 0.2) is 72.3 Å². The number of anilines is 1. The van der Waals surface area contributed by atoms with Crippen LogP contribution >= 0.6 is 0 Å². The van der Waals surface area contributed by atoms with E-state index in [9.17, 15) is 19.1 Å². The van der Waals surface area contributed by atoms with Crippen LogP contribution in [0, 0.1) is 26.6 Å². The molecule has 1 N–H and O–H groups in total. The van der Waals surface area contributed by atoms with Crippen molar-refractivity contribution in [2.45, 2.75) is 26.8 Å². The molecule has 1 aliphatic rings. The Morgan fingerprint density at radius 3 is 2.23 bits per heavy atom. The van der Waals surface area contributed by atoms with Gasteiger partial charge in [0.25, 0.3) is 11.7 Å². The summed E-state index contributed by atoms with van der Waals surface area (Å²) in [5.41, 5.74) is 3.84. The van der Waals surface area contributed by atoms with Crippen LogP contribution in [0.3, 0.4) is 0 Å². The molecule has 0 saturated carbocycles. The van der Waals surface area contributed by atoms with Crippen molar-refractivity contribution in [1.82, 2.24) is 0 Å². The zero-order valence-corrected chi connectivity index (χ0v) is 17.5. The second-order valence-electron chi connectivity index (χ2n) is 7.83. The van der Waals surface area contributed by atoms with Crippen molar-refractivity contribution >= 4 is 23.1 Å². The third kappa shape index (κ3) is 3.52. The van der Waals surface area contributed by atoms with Crippen LogP contribution in [0.4, 0.5) is 10.1 Å². The Bertz CT molecular complexity index is 1230. The fraction of sp³-hybridized carbons (Fsp3) is 0.154. The smallest absolute Gasteiger partial charge is 0.300 e. The van der Waals surface area contributed by atoms with E-state index in [1.165, 1.54) is 17.0 Å². The van der Waals surface area contributed by atoms with E-state index in [0.717, 1.165) is 16.7 Å². The highest BCUT2D eigenvalue weighted by molar-refractivity contribution is 6.51. The number of aliphatic hydroxyl groups excluding tert-OH is 1. The van der Waals surface area contributed by atoms with E-state index in [1.807, 2.05) is 26.8 Å². The first-order chi connectivity index (χ1) is 14.8. The maximum Gasteiger partial charge on any atom is 0.300 e. The third-order valence-electron chi connectivity index (χ3n) is 5.74. The first kappa shape index (κ1) is 20.5. The third-order valence-corrected chi connectivity index (χ3v) is 5.74. The Kier molecular flexibility index (Phi) is 5.19. The highest BCUT2D eigenvalue weighted by Gasteiger charge is 2.47. The maximum absolute atomic E-state index is 14.9. The summed E-state index contributed by atoms with van der Waals surface area (Å²) in [5.74, 6) is -2.52. The molecule has 5 heteroatoms. The second kappa shape index (κ2) is 7.84. The van der Waals surface area contributed by atoms with Crippen molar-refractivity contribution in [2.24, 2.45) is 0 Å². The van der Waals surface area contributed by atoms with Crippen molar-refractivity contribution in [1.29, 1.82) is 0 Å². The van der Waals surface area contributed by atoms with Crippen LogP contribution in [0.2, 0.25) is 0 Å². The number of hydrogen-bond acceptors (Lipinski definition) is 3. The lowest BCUT2D eigenvalue weighted by Gasteiger charge is -2.26. The molecule has 31 heavy (non-hydrogen) atoms. The van der Waals surface area contributed by atoms with E-state index < -0.39 is 23.5 Å². The molecule has 3 aromatic carbocycles. The lowest BCUT2D eigenvalue weighted by molar-refractivity contribution is -0.132. The summed E-state index contributed by atoms with van der Waals surface area (Å²) in [6.07, 6.45) is 0. The van der Waals surface area contributed by atoms with Gasteiger partial charge in [0.2, 0.25) is 0 Å². The molecule has 4 nitrogen and oxygen atoms in total. The van der Waals surface area contributed by atoms with Gasteiger partial charge in [-0.15, -0.1) is 0 Å². The Balaban J connectivity index is 1.98. The molecule has 0 aliphatic carbocycles. The minimum absolute atomic E-state index is 0.128. The van der Waals surface area contributed by atoms with Gasteiger partial charge < -0.3 is 5.11 Å². The summed E-state index contributed by atoms with van der Waals surface area (Å²) in [6, 6.07) is 17.2. The first-order valence-corrected chi connectivity index (χ1v) is 9.99. The normalized spacial score (nSPS) is 17.9. The van der Waals surface area contributed by atoms with Crippen LogP contribution in [0.5, 0.6) is 0 Å². The molecule has 0 radical (unpaired) electrons. The topological polar surface area (TPSA) is 57.6 Å². The van der Waals surface area contributed by atoms with Gasteiger partial charge >= 0.3 is 0 Å². The zero-order valence-electron chi connectivity index (χ0n) is 17.5. The fourth-order valence-corrected chi connectivity index (χ4v) is 3.83. The Morgan fingerprint density at radius 1 is 0.903 bits per heavy atom. The van der Waals surface area contributed by atoms with Gasteiger partial charge in [0, 0.05) is 16.8 Å². The number of halogens is 1. The van der Waals surface area contributed by atoms with Crippen molar-refractivity contribution in [3.63, 3.8) is 0 Å². The summed E-state index contributed by atoms with van der Waals surface area (Å²) in [4.78, 5) is 27.5. The quantitative estimate of drug-likeness (QED) is 0.355. The standard InChI is InChI=1S/C26H22FNO3/c1-15-8-11-18(12-9-15)24(29)22-23(20-6-4-5-7-21(20)27)28(26(31)25(22)30)19-13-10-16(2)17(3)14-19/h4-14,23,29H,1-3H3/b24-22+. The number of Topliss-reactive ketones (excluding diaryl/α,β-unsaturated/α-hetero) is 1. The molecule has 1 fully saturated rings. The van der Waals surface area contributed by atoms with Crippen LogP contribution < -0.4 is 4.90 Å². The Labute approximate surface area is 180 Å². The van der Waals surface area contributed by atoms with Gasteiger partial charge in [-0.25, -0.2) is 4.39 Å². The number of aryl methyl sites for hydroxylation is 3. The van der Waals surface area contributed by atoms with E-state index in [0.29, 0.717) is 11.3 Å². The largest absolute Gasteiger partial charge is 0.507 e. The molecule has 1 amide bonds. The van der Waals surface area contributed by atoms with Gasteiger partial charge in [-0.05, 0) is 50.1 Å². The summed E-state index contributed by atoms with van der Waals surface area (Å²) in [5, 5.41) is 11.0. The van der Waals surface area contributed by atoms with Gasteiger partial charge in [0.05, 0.1) is 11.6 Å². The van der Waals surface area contributed by atoms with E-state index in [-0.39, 0.29) is 16.9 Å². The van der Waals surface area contributed by atoms with Crippen molar-refractivity contribution < 1.29 is 19.1 Å². The van der Waals surface area contributed by atoms with E-state index in [4.69, 9.17) is 0 Å².